The van der Waals surface area contributed by atoms with Crippen LogP contribution in [-0.2, 0) is 6.42 Å². The summed E-state index contributed by atoms with van der Waals surface area (Å²) < 4.78 is 0. The summed E-state index contributed by atoms with van der Waals surface area (Å²) in [5.41, 5.74) is 4.45. The van der Waals surface area contributed by atoms with Gasteiger partial charge in [-0.25, -0.2) is 0 Å². The van der Waals surface area contributed by atoms with Gasteiger partial charge < -0.3 is 5.32 Å². The van der Waals surface area contributed by atoms with Gasteiger partial charge in [0.2, 0.25) is 0 Å². The average molecular weight is 233 g/mol. The molecule has 0 radical (unpaired) electrons. The number of hydrogen-bond donors (Lipinski definition) is 1. The monoisotopic (exact) mass is 233 g/mol. The summed E-state index contributed by atoms with van der Waals surface area (Å²) in [6.45, 7) is 6.71. The molecule has 0 amide bonds. The van der Waals surface area contributed by atoms with Gasteiger partial charge in [0.1, 0.15) is 0 Å². The minimum atomic E-state index is 0.698. The van der Waals surface area contributed by atoms with Gasteiger partial charge in [-0.05, 0) is 63.3 Å². The van der Waals surface area contributed by atoms with Crippen molar-refractivity contribution in [1.82, 2.24) is 5.32 Å². The van der Waals surface area contributed by atoms with Crippen LogP contribution in [-0.4, -0.2) is 13.1 Å². The molecule has 0 saturated heterocycles. The smallest absolute Gasteiger partial charge is 0.00640 e. The van der Waals surface area contributed by atoms with E-state index in [0.717, 1.165) is 0 Å². The number of aryl methyl sites for hydroxylation is 2. The van der Waals surface area contributed by atoms with Gasteiger partial charge in [-0.15, -0.1) is 0 Å². The van der Waals surface area contributed by atoms with Gasteiger partial charge in [0.05, 0.1) is 0 Å². The SMILES string of the molecule is CCCC(CCCc1c(C)cccc1C)NC. The molecule has 0 fully saturated rings. The summed E-state index contributed by atoms with van der Waals surface area (Å²) in [6, 6.07) is 7.31. The standard InChI is InChI=1S/C16H27N/c1-5-8-15(17-4)11-7-12-16-13(2)9-6-10-14(16)3/h6,9-10,15,17H,5,7-8,11-12H2,1-4H3. The average Bonchev–Trinajstić information content (AvgIpc) is 2.31. The Morgan fingerprint density at radius 3 is 2.29 bits per heavy atom. The minimum Gasteiger partial charge on any atom is -0.317 e. The van der Waals surface area contributed by atoms with E-state index in [1.54, 1.807) is 5.56 Å². The largest absolute Gasteiger partial charge is 0.317 e. The van der Waals surface area contributed by atoms with Crippen molar-refractivity contribution in [1.29, 1.82) is 0 Å². The van der Waals surface area contributed by atoms with Crippen LogP contribution >= 0.6 is 0 Å². The lowest BCUT2D eigenvalue weighted by Crippen LogP contribution is -2.24. The van der Waals surface area contributed by atoms with Crippen molar-refractivity contribution in [2.45, 2.75) is 58.9 Å². The molecule has 0 aliphatic carbocycles. The molecule has 1 aromatic carbocycles. The third-order valence-electron chi connectivity index (χ3n) is 3.67. The van der Waals surface area contributed by atoms with Crippen molar-refractivity contribution in [2.24, 2.45) is 0 Å². The molecule has 1 aromatic rings. The van der Waals surface area contributed by atoms with E-state index in [2.05, 4.69) is 51.3 Å². The molecule has 1 N–H and O–H groups in total. The molecule has 0 spiro atoms. The molecule has 0 aromatic heterocycles. The van der Waals surface area contributed by atoms with E-state index in [-0.39, 0.29) is 0 Å². The second kappa shape index (κ2) is 7.50. The van der Waals surface area contributed by atoms with Gasteiger partial charge in [0, 0.05) is 6.04 Å². The van der Waals surface area contributed by atoms with Crippen LogP contribution in [0, 0.1) is 13.8 Å². The molecule has 96 valence electrons. The van der Waals surface area contributed by atoms with Gasteiger partial charge in [-0.3, -0.25) is 0 Å². The Bertz CT molecular complexity index is 310. The van der Waals surface area contributed by atoms with Gasteiger partial charge in [0.25, 0.3) is 0 Å². The van der Waals surface area contributed by atoms with Crippen LogP contribution in [0.25, 0.3) is 0 Å². The van der Waals surface area contributed by atoms with E-state index < -0.39 is 0 Å². The highest BCUT2D eigenvalue weighted by atomic mass is 14.9. The summed E-state index contributed by atoms with van der Waals surface area (Å²) >= 11 is 0. The summed E-state index contributed by atoms with van der Waals surface area (Å²) in [5.74, 6) is 0. The fourth-order valence-corrected chi connectivity index (χ4v) is 2.55. The number of nitrogens with one attached hydrogen (secondary N) is 1. The molecule has 1 rings (SSSR count). The molecular formula is C16H27N. The maximum absolute atomic E-state index is 3.42. The molecule has 1 nitrogen and oxygen atoms in total. The van der Waals surface area contributed by atoms with E-state index in [0.29, 0.717) is 6.04 Å². The Labute approximate surface area is 107 Å². The highest BCUT2D eigenvalue weighted by Crippen LogP contribution is 2.17. The van der Waals surface area contributed by atoms with Crippen LogP contribution < -0.4 is 5.32 Å². The molecule has 0 aliphatic rings. The van der Waals surface area contributed by atoms with Gasteiger partial charge in [-0.1, -0.05) is 31.5 Å². The van der Waals surface area contributed by atoms with Gasteiger partial charge in [0.15, 0.2) is 0 Å². The van der Waals surface area contributed by atoms with Crippen LogP contribution in [0.2, 0.25) is 0 Å². The van der Waals surface area contributed by atoms with Crippen LogP contribution in [0.3, 0.4) is 0 Å². The quantitative estimate of drug-likeness (QED) is 0.750. The third-order valence-corrected chi connectivity index (χ3v) is 3.67. The van der Waals surface area contributed by atoms with Crippen molar-refractivity contribution >= 4 is 0 Å². The molecule has 1 atom stereocenters. The summed E-state index contributed by atoms with van der Waals surface area (Å²) in [5, 5.41) is 3.42. The summed E-state index contributed by atoms with van der Waals surface area (Å²) in [4.78, 5) is 0. The highest BCUT2D eigenvalue weighted by Gasteiger charge is 2.06. The first-order valence-electron chi connectivity index (χ1n) is 6.91. The topological polar surface area (TPSA) is 12.0 Å². The van der Waals surface area contributed by atoms with Crippen LogP contribution in [0.15, 0.2) is 18.2 Å². The molecular weight excluding hydrogens is 206 g/mol. The first kappa shape index (κ1) is 14.2. The molecule has 1 unspecified atom stereocenters. The molecule has 0 saturated carbocycles. The zero-order valence-corrected chi connectivity index (χ0v) is 11.8. The second-order valence-electron chi connectivity index (χ2n) is 5.04. The summed E-state index contributed by atoms with van der Waals surface area (Å²) in [7, 11) is 2.08. The van der Waals surface area contributed by atoms with Gasteiger partial charge >= 0.3 is 0 Å². The predicted octanol–water partition coefficient (Wildman–Crippen LogP) is 4.01. The van der Waals surface area contributed by atoms with Crippen molar-refractivity contribution in [3.05, 3.63) is 34.9 Å². The lowest BCUT2D eigenvalue weighted by atomic mass is 9.96. The molecule has 17 heavy (non-hydrogen) atoms. The van der Waals surface area contributed by atoms with Crippen LogP contribution in [0.5, 0.6) is 0 Å². The van der Waals surface area contributed by atoms with E-state index in [9.17, 15) is 0 Å². The number of rotatable bonds is 7. The van der Waals surface area contributed by atoms with Crippen LogP contribution in [0.4, 0.5) is 0 Å². The normalized spacial score (nSPS) is 12.7. The maximum atomic E-state index is 3.42. The van der Waals surface area contributed by atoms with E-state index in [1.165, 1.54) is 43.2 Å². The minimum absolute atomic E-state index is 0.698. The first-order chi connectivity index (χ1) is 8.19. The lowest BCUT2D eigenvalue weighted by molar-refractivity contribution is 0.469. The van der Waals surface area contributed by atoms with E-state index in [1.807, 2.05) is 0 Å². The first-order valence-corrected chi connectivity index (χ1v) is 6.91. The van der Waals surface area contributed by atoms with E-state index in [4.69, 9.17) is 0 Å². The molecule has 0 aliphatic heterocycles. The van der Waals surface area contributed by atoms with E-state index >= 15 is 0 Å². The van der Waals surface area contributed by atoms with Crippen LogP contribution in [0.1, 0.15) is 49.3 Å². The van der Waals surface area contributed by atoms with Crippen molar-refractivity contribution in [2.75, 3.05) is 7.05 Å². The Morgan fingerprint density at radius 1 is 1.12 bits per heavy atom. The second-order valence-corrected chi connectivity index (χ2v) is 5.04. The zero-order chi connectivity index (χ0) is 12.7. The third kappa shape index (κ3) is 4.51. The Kier molecular flexibility index (Phi) is 6.28. The fourth-order valence-electron chi connectivity index (χ4n) is 2.55. The Morgan fingerprint density at radius 2 is 1.76 bits per heavy atom. The number of benzene rings is 1. The van der Waals surface area contributed by atoms with Crippen molar-refractivity contribution < 1.29 is 0 Å². The zero-order valence-electron chi connectivity index (χ0n) is 11.8. The van der Waals surface area contributed by atoms with Crippen molar-refractivity contribution in [3.63, 3.8) is 0 Å². The fraction of sp³-hybridized carbons (Fsp3) is 0.625. The highest BCUT2D eigenvalue weighted by molar-refractivity contribution is 5.33. The Balaban J connectivity index is 2.45. The van der Waals surface area contributed by atoms with Crippen molar-refractivity contribution in [3.8, 4) is 0 Å². The van der Waals surface area contributed by atoms with Gasteiger partial charge in [-0.2, -0.15) is 0 Å². The maximum Gasteiger partial charge on any atom is 0.00640 e. The molecule has 0 heterocycles. The molecule has 1 heteroatoms. The lowest BCUT2D eigenvalue weighted by Gasteiger charge is -2.16. The Hall–Kier alpha value is -0.820. The molecule has 0 bridgehead atoms. The number of hydrogen-bond acceptors (Lipinski definition) is 1. The summed E-state index contributed by atoms with van der Waals surface area (Å²) in [6.07, 6.45) is 6.37. The predicted molar refractivity (Wildman–Crippen MR) is 76.6 cm³/mol.